The summed E-state index contributed by atoms with van der Waals surface area (Å²) in [6.45, 7) is 3.76. The second-order valence-electron chi connectivity index (χ2n) is 6.23. The van der Waals surface area contributed by atoms with Gasteiger partial charge in [-0.1, -0.05) is 29.3 Å². The highest BCUT2D eigenvalue weighted by atomic mass is 35.5. The van der Waals surface area contributed by atoms with Gasteiger partial charge in [-0.15, -0.1) is 11.3 Å². The summed E-state index contributed by atoms with van der Waals surface area (Å²) in [5.74, 6) is -0.0110. The van der Waals surface area contributed by atoms with Gasteiger partial charge in [0.1, 0.15) is 5.01 Å². The van der Waals surface area contributed by atoms with Gasteiger partial charge < -0.3 is 5.32 Å². The molecule has 25 heavy (non-hydrogen) atoms. The third kappa shape index (κ3) is 5.68. The Balaban J connectivity index is 1.42. The summed E-state index contributed by atoms with van der Waals surface area (Å²) in [5, 5.41) is 7.26. The van der Waals surface area contributed by atoms with Gasteiger partial charge in [0, 0.05) is 22.0 Å². The molecule has 1 aromatic carbocycles. The number of carbonyl (C=O) groups is 1. The maximum Gasteiger partial charge on any atom is 0.226 e. The van der Waals surface area contributed by atoms with Crippen molar-refractivity contribution in [2.45, 2.75) is 32.2 Å². The summed E-state index contributed by atoms with van der Waals surface area (Å²) in [6, 6.07) is 5.42. The summed E-state index contributed by atoms with van der Waals surface area (Å²) in [7, 11) is 0. The molecule has 134 valence electrons. The first-order valence-electron chi connectivity index (χ1n) is 8.46. The predicted molar refractivity (Wildman–Crippen MR) is 104 cm³/mol. The first kappa shape index (κ1) is 18.6. The van der Waals surface area contributed by atoms with E-state index in [2.05, 4.69) is 15.2 Å². The predicted octanol–water partition coefficient (Wildman–Crippen LogP) is 3.95. The molecule has 7 heteroatoms. The average Bonchev–Trinajstić information content (AvgIpc) is 3.22. The van der Waals surface area contributed by atoms with Crippen molar-refractivity contribution in [1.82, 2.24) is 15.2 Å². The fourth-order valence-electron chi connectivity index (χ4n) is 2.92. The number of nitrogens with zero attached hydrogens (tertiary/aromatic N) is 2. The summed E-state index contributed by atoms with van der Waals surface area (Å²) in [5.41, 5.74) is 1.83. The molecule has 0 atom stereocenters. The van der Waals surface area contributed by atoms with Gasteiger partial charge in [-0.25, -0.2) is 4.98 Å². The Labute approximate surface area is 162 Å². The van der Waals surface area contributed by atoms with Crippen molar-refractivity contribution >= 4 is 40.4 Å². The fourth-order valence-corrected chi connectivity index (χ4v) is 4.26. The number of nitrogens with one attached hydrogen (secondary N) is 1. The van der Waals surface area contributed by atoms with Crippen LogP contribution in [-0.4, -0.2) is 35.4 Å². The van der Waals surface area contributed by atoms with E-state index in [-0.39, 0.29) is 5.91 Å². The van der Waals surface area contributed by atoms with Crippen LogP contribution in [0.2, 0.25) is 10.0 Å². The van der Waals surface area contributed by atoms with Crippen LogP contribution in [-0.2, 0) is 24.2 Å². The number of likely N-dealkylation sites (tertiary alicyclic amines) is 1. The Morgan fingerprint density at radius 2 is 2.08 bits per heavy atom. The summed E-state index contributed by atoms with van der Waals surface area (Å²) in [6.07, 6.45) is 3.56. The van der Waals surface area contributed by atoms with Gasteiger partial charge in [0.25, 0.3) is 0 Å². The molecule has 1 aromatic heterocycles. The lowest BCUT2D eigenvalue weighted by atomic mass is 10.1. The fraction of sp³-hybridized carbons (Fsp3) is 0.444. The van der Waals surface area contributed by atoms with E-state index in [1.165, 1.54) is 12.8 Å². The molecule has 0 spiro atoms. The van der Waals surface area contributed by atoms with Gasteiger partial charge in [0.15, 0.2) is 0 Å². The van der Waals surface area contributed by atoms with E-state index in [9.17, 15) is 4.79 Å². The lowest BCUT2D eigenvalue weighted by molar-refractivity contribution is -0.120. The largest absolute Gasteiger partial charge is 0.355 e. The molecule has 0 unspecified atom stereocenters. The van der Waals surface area contributed by atoms with Crippen molar-refractivity contribution in [2.75, 3.05) is 19.6 Å². The highest BCUT2D eigenvalue weighted by Crippen LogP contribution is 2.21. The number of hydrogen-bond donors (Lipinski definition) is 1. The lowest BCUT2D eigenvalue weighted by Gasteiger charge is -2.11. The van der Waals surface area contributed by atoms with Crippen LogP contribution in [0, 0.1) is 0 Å². The number of amides is 1. The Morgan fingerprint density at radius 3 is 2.84 bits per heavy atom. The zero-order chi connectivity index (χ0) is 17.6. The van der Waals surface area contributed by atoms with Crippen molar-refractivity contribution in [2.24, 2.45) is 0 Å². The number of aromatic nitrogens is 1. The SMILES string of the molecule is O=C(Cc1csc(CN2CCCC2)n1)NCCc1ccc(Cl)cc1Cl. The van der Waals surface area contributed by atoms with Crippen molar-refractivity contribution in [3.05, 3.63) is 49.9 Å². The quantitative estimate of drug-likeness (QED) is 0.768. The standard InChI is InChI=1S/C18H21Cl2N3OS/c19-14-4-3-13(16(20)9-14)5-6-21-17(24)10-15-12-25-18(22-15)11-23-7-1-2-8-23/h3-4,9,12H,1-2,5-8,10-11H2,(H,21,24). The van der Waals surface area contributed by atoms with Crippen LogP contribution in [0.4, 0.5) is 0 Å². The Bertz CT molecular complexity index is 729. The molecule has 2 heterocycles. The monoisotopic (exact) mass is 397 g/mol. The Kier molecular flexibility index (Phi) is 6.70. The number of halogens is 2. The van der Waals surface area contributed by atoms with Crippen LogP contribution in [0.1, 0.15) is 29.1 Å². The first-order valence-corrected chi connectivity index (χ1v) is 10.1. The van der Waals surface area contributed by atoms with Crippen molar-refractivity contribution in [3.8, 4) is 0 Å². The second-order valence-corrected chi connectivity index (χ2v) is 8.01. The number of rotatable bonds is 7. The Morgan fingerprint density at radius 1 is 1.28 bits per heavy atom. The summed E-state index contributed by atoms with van der Waals surface area (Å²) in [4.78, 5) is 19.1. The molecule has 0 saturated carbocycles. The summed E-state index contributed by atoms with van der Waals surface area (Å²) >= 11 is 13.7. The zero-order valence-electron chi connectivity index (χ0n) is 13.9. The maximum atomic E-state index is 12.1. The zero-order valence-corrected chi connectivity index (χ0v) is 16.3. The second kappa shape index (κ2) is 8.99. The molecule has 3 rings (SSSR count). The Hall–Kier alpha value is -1.14. The minimum absolute atomic E-state index is 0.0110. The lowest BCUT2D eigenvalue weighted by Crippen LogP contribution is -2.27. The van der Waals surface area contributed by atoms with Crippen LogP contribution in [0.3, 0.4) is 0 Å². The van der Waals surface area contributed by atoms with Crippen LogP contribution in [0.25, 0.3) is 0 Å². The van der Waals surface area contributed by atoms with Gasteiger partial charge in [-0.2, -0.15) is 0 Å². The first-order chi connectivity index (χ1) is 12.1. The molecular weight excluding hydrogens is 377 g/mol. The highest BCUT2D eigenvalue weighted by Gasteiger charge is 2.14. The number of hydrogen-bond acceptors (Lipinski definition) is 4. The topological polar surface area (TPSA) is 45.2 Å². The third-order valence-electron chi connectivity index (χ3n) is 4.23. The molecule has 1 aliphatic rings. The summed E-state index contributed by atoms with van der Waals surface area (Å²) < 4.78 is 0. The van der Waals surface area contributed by atoms with Gasteiger partial charge in [0.2, 0.25) is 5.91 Å². The molecule has 0 bridgehead atoms. The third-order valence-corrected chi connectivity index (χ3v) is 5.70. The minimum Gasteiger partial charge on any atom is -0.355 e. The van der Waals surface area contributed by atoms with Gasteiger partial charge in [0.05, 0.1) is 18.7 Å². The minimum atomic E-state index is -0.0110. The van der Waals surface area contributed by atoms with Crippen LogP contribution >= 0.6 is 34.5 Å². The van der Waals surface area contributed by atoms with Crippen molar-refractivity contribution < 1.29 is 4.79 Å². The van der Waals surface area contributed by atoms with E-state index in [1.54, 1.807) is 17.4 Å². The average molecular weight is 398 g/mol. The van der Waals surface area contributed by atoms with E-state index in [0.29, 0.717) is 29.4 Å². The molecular formula is C18H21Cl2N3OS. The number of thiazole rings is 1. The van der Waals surface area contributed by atoms with Crippen LogP contribution in [0.15, 0.2) is 23.6 Å². The molecule has 1 saturated heterocycles. The van der Waals surface area contributed by atoms with Crippen molar-refractivity contribution in [1.29, 1.82) is 0 Å². The van der Waals surface area contributed by atoms with Gasteiger partial charge in [-0.3, -0.25) is 9.69 Å². The number of carbonyl (C=O) groups excluding carboxylic acids is 1. The maximum absolute atomic E-state index is 12.1. The molecule has 1 amide bonds. The van der Waals surface area contributed by atoms with E-state index >= 15 is 0 Å². The van der Waals surface area contributed by atoms with E-state index in [0.717, 1.165) is 35.9 Å². The molecule has 2 aromatic rings. The van der Waals surface area contributed by atoms with Crippen LogP contribution < -0.4 is 5.32 Å². The molecule has 1 fully saturated rings. The smallest absolute Gasteiger partial charge is 0.226 e. The van der Waals surface area contributed by atoms with Gasteiger partial charge >= 0.3 is 0 Å². The molecule has 0 radical (unpaired) electrons. The molecule has 1 N–H and O–H groups in total. The molecule has 4 nitrogen and oxygen atoms in total. The highest BCUT2D eigenvalue weighted by molar-refractivity contribution is 7.09. The number of benzene rings is 1. The molecule has 1 aliphatic heterocycles. The van der Waals surface area contributed by atoms with Crippen molar-refractivity contribution in [3.63, 3.8) is 0 Å². The van der Waals surface area contributed by atoms with E-state index < -0.39 is 0 Å². The van der Waals surface area contributed by atoms with Crippen LogP contribution in [0.5, 0.6) is 0 Å². The van der Waals surface area contributed by atoms with E-state index in [4.69, 9.17) is 23.2 Å². The van der Waals surface area contributed by atoms with E-state index in [1.807, 2.05) is 17.5 Å². The molecule has 0 aliphatic carbocycles. The normalized spacial score (nSPS) is 14.8. The van der Waals surface area contributed by atoms with Gasteiger partial charge in [-0.05, 0) is 50.0 Å².